The number of rotatable bonds is 5. The smallest absolute Gasteiger partial charge is 0.297 e. The second-order valence-electron chi connectivity index (χ2n) is 8.85. The molecule has 2 aromatic heterocycles. The number of carbonyl (C=O) groups excluding carboxylic acids is 2. The van der Waals surface area contributed by atoms with E-state index in [1.807, 2.05) is 42.5 Å². The highest BCUT2D eigenvalue weighted by atomic mass is 79.9. The van der Waals surface area contributed by atoms with Crippen molar-refractivity contribution >= 4 is 55.1 Å². The van der Waals surface area contributed by atoms with E-state index in [2.05, 4.69) is 20.9 Å². The first kappa shape index (κ1) is 24.3. The molecule has 38 heavy (non-hydrogen) atoms. The highest BCUT2D eigenvalue weighted by Gasteiger charge is 2.45. The molecule has 1 aliphatic rings. The third kappa shape index (κ3) is 4.04. The van der Waals surface area contributed by atoms with Gasteiger partial charge < -0.3 is 9.15 Å². The first-order chi connectivity index (χ1) is 18.3. The molecular formula is C29H19BrN2O5S. The Morgan fingerprint density at radius 3 is 2.53 bits per heavy atom. The number of nitrogens with zero attached hydrogens (tertiary/aromatic N) is 2. The third-order valence-electron chi connectivity index (χ3n) is 6.30. The van der Waals surface area contributed by atoms with Crippen molar-refractivity contribution in [3.8, 4) is 11.5 Å². The number of hydrogen-bond acceptors (Lipinski definition) is 7. The van der Waals surface area contributed by atoms with Crippen LogP contribution in [0.2, 0.25) is 0 Å². The Balaban J connectivity index is 1.56. The first-order valence-electron chi connectivity index (χ1n) is 11.7. The number of thiazole rings is 1. The van der Waals surface area contributed by atoms with Crippen LogP contribution in [0.5, 0.6) is 11.5 Å². The van der Waals surface area contributed by atoms with Gasteiger partial charge in [-0.25, -0.2) is 4.98 Å². The van der Waals surface area contributed by atoms with Crippen LogP contribution < -0.4 is 15.1 Å². The van der Waals surface area contributed by atoms with Crippen molar-refractivity contribution in [1.29, 1.82) is 0 Å². The van der Waals surface area contributed by atoms with Gasteiger partial charge in [0.15, 0.2) is 16.3 Å². The van der Waals surface area contributed by atoms with Crippen LogP contribution in [0.25, 0.3) is 11.0 Å². The van der Waals surface area contributed by atoms with Crippen LogP contribution in [0.3, 0.4) is 0 Å². The van der Waals surface area contributed by atoms with Crippen LogP contribution in [0.1, 0.15) is 50.0 Å². The second-order valence-corrected chi connectivity index (χ2v) is 10.7. The molecule has 0 N–H and O–H groups in total. The monoisotopic (exact) mass is 586 g/mol. The summed E-state index contributed by atoms with van der Waals surface area (Å²) in [5, 5.41) is 0.669. The minimum Gasteiger partial charge on any atom is -0.457 e. The summed E-state index contributed by atoms with van der Waals surface area (Å²) >= 11 is 4.54. The average molecular weight is 587 g/mol. The van der Waals surface area contributed by atoms with Crippen molar-refractivity contribution in [2.45, 2.75) is 19.9 Å². The summed E-state index contributed by atoms with van der Waals surface area (Å²) in [6.07, 6.45) is 0. The predicted molar refractivity (Wildman–Crippen MR) is 149 cm³/mol. The fourth-order valence-corrected chi connectivity index (χ4v) is 5.99. The van der Waals surface area contributed by atoms with E-state index in [0.717, 1.165) is 15.8 Å². The van der Waals surface area contributed by atoms with Crippen molar-refractivity contribution in [1.82, 2.24) is 4.98 Å². The molecule has 1 aliphatic heterocycles. The number of benzene rings is 3. The SMILES string of the molecule is CC(=O)c1sc(N2C(=O)c3oc4ccc(Br)cc4c(=O)c3C2c2cccc(Oc3ccccc3)c2)nc1C. The minimum atomic E-state index is -0.832. The number of ketones is 1. The summed E-state index contributed by atoms with van der Waals surface area (Å²) in [6, 6.07) is 20.8. The summed E-state index contributed by atoms with van der Waals surface area (Å²) in [5.74, 6) is 0.519. The molecular weight excluding hydrogens is 568 g/mol. The van der Waals surface area contributed by atoms with E-state index in [9.17, 15) is 14.4 Å². The van der Waals surface area contributed by atoms with Gasteiger partial charge in [0.1, 0.15) is 17.1 Å². The lowest BCUT2D eigenvalue weighted by Gasteiger charge is -2.23. The van der Waals surface area contributed by atoms with Crippen LogP contribution in [-0.2, 0) is 0 Å². The van der Waals surface area contributed by atoms with Crippen LogP contribution in [0, 0.1) is 6.92 Å². The Morgan fingerprint density at radius 2 is 1.79 bits per heavy atom. The molecule has 0 aliphatic carbocycles. The van der Waals surface area contributed by atoms with E-state index in [1.54, 1.807) is 37.3 Å². The Hall–Kier alpha value is -4.08. The largest absolute Gasteiger partial charge is 0.457 e. The Bertz CT molecular complexity index is 1810. The number of para-hydroxylation sites is 1. The molecule has 0 fully saturated rings. The standard InChI is InChI=1S/C29H19BrN2O5S/c1-15-27(16(2)33)38-29(31-15)32-24(17-7-6-10-20(13-17)36-19-8-4-3-5-9-19)23-25(34)21-14-18(30)11-12-22(21)37-26(23)28(32)35/h3-14,24H,1-2H3. The van der Waals surface area contributed by atoms with Gasteiger partial charge in [-0.2, -0.15) is 0 Å². The van der Waals surface area contributed by atoms with Crippen LogP contribution >= 0.6 is 27.3 Å². The van der Waals surface area contributed by atoms with Crippen LogP contribution in [0.4, 0.5) is 5.13 Å². The van der Waals surface area contributed by atoms with E-state index in [-0.39, 0.29) is 22.5 Å². The van der Waals surface area contributed by atoms with E-state index in [0.29, 0.717) is 43.7 Å². The van der Waals surface area contributed by atoms with E-state index >= 15 is 0 Å². The number of anilines is 1. The number of Topliss-reactive ketones (excluding diaryl/α,β-unsaturated/α-hetero) is 1. The molecule has 0 spiro atoms. The Kier molecular flexibility index (Phi) is 5.97. The average Bonchev–Trinajstić information content (AvgIpc) is 3.43. The topological polar surface area (TPSA) is 89.7 Å². The van der Waals surface area contributed by atoms with Crippen molar-refractivity contribution < 1.29 is 18.7 Å². The van der Waals surface area contributed by atoms with Gasteiger partial charge in [0.05, 0.1) is 27.6 Å². The molecule has 0 bridgehead atoms. The van der Waals surface area contributed by atoms with Gasteiger partial charge in [-0.15, -0.1) is 0 Å². The van der Waals surface area contributed by atoms with Gasteiger partial charge in [0, 0.05) is 11.4 Å². The van der Waals surface area contributed by atoms with Crippen molar-refractivity contribution in [2.24, 2.45) is 0 Å². The number of fused-ring (bicyclic) bond motifs is 2. The predicted octanol–water partition coefficient (Wildman–Crippen LogP) is 7.07. The Morgan fingerprint density at radius 1 is 1.03 bits per heavy atom. The van der Waals surface area contributed by atoms with E-state index in [4.69, 9.17) is 9.15 Å². The van der Waals surface area contributed by atoms with Gasteiger partial charge in [0.25, 0.3) is 5.91 Å². The van der Waals surface area contributed by atoms with Crippen LogP contribution in [-0.4, -0.2) is 16.7 Å². The Labute approximate surface area is 229 Å². The zero-order chi connectivity index (χ0) is 26.6. The van der Waals surface area contributed by atoms with Crippen LogP contribution in [0.15, 0.2) is 86.5 Å². The molecule has 0 saturated carbocycles. The molecule has 3 heterocycles. The maximum Gasteiger partial charge on any atom is 0.297 e. The highest BCUT2D eigenvalue weighted by Crippen LogP contribution is 2.44. The summed E-state index contributed by atoms with van der Waals surface area (Å²) in [5.41, 5.74) is 1.39. The molecule has 188 valence electrons. The normalized spacial score (nSPS) is 14.7. The van der Waals surface area contributed by atoms with Crippen molar-refractivity contribution in [2.75, 3.05) is 4.90 Å². The number of aromatic nitrogens is 1. The van der Waals surface area contributed by atoms with Gasteiger partial charge in [0.2, 0.25) is 5.76 Å². The molecule has 9 heteroatoms. The number of ether oxygens (including phenoxy) is 1. The quantitative estimate of drug-likeness (QED) is 0.205. The second kappa shape index (κ2) is 9.34. The minimum absolute atomic E-state index is 0.0403. The fourth-order valence-electron chi connectivity index (χ4n) is 4.64. The molecule has 6 rings (SSSR count). The molecule has 1 amide bonds. The fraction of sp³-hybridized carbons (Fsp3) is 0.103. The molecule has 7 nitrogen and oxygen atoms in total. The van der Waals surface area contributed by atoms with E-state index < -0.39 is 11.9 Å². The van der Waals surface area contributed by atoms with Crippen molar-refractivity contribution in [3.63, 3.8) is 0 Å². The third-order valence-corrected chi connectivity index (χ3v) is 8.05. The molecule has 0 radical (unpaired) electrons. The lowest BCUT2D eigenvalue weighted by molar-refractivity contribution is 0.0969. The van der Waals surface area contributed by atoms with Gasteiger partial charge in [-0.1, -0.05) is 57.6 Å². The maximum absolute atomic E-state index is 13.9. The molecule has 1 atom stereocenters. The number of carbonyl (C=O) groups is 2. The first-order valence-corrected chi connectivity index (χ1v) is 13.3. The number of hydrogen-bond donors (Lipinski definition) is 0. The summed E-state index contributed by atoms with van der Waals surface area (Å²) in [7, 11) is 0. The summed E-state index contributed by atoms with van der Waals surface area (Å²) in [4.78, 5) is 46.3. The van der Waals surface area contributed by atoms with Gasteiger partial charge >= 0.3 is 0 Å². The van der Waals surface area contributed by atoms with Crippen molar-refractivity contribution in [3.05, 3.63) is 115 Å². The lowest BCUT2D eigenvalue weighted by Crippen LogP contribution is -2.29. The molecule has 0 saturated heterocycles. The van der Waals surface area contributed by atoms with Gasteiger partial charge in [-0.3, -0.25) is 19.3 Å². The maximum atomic E-state index is 13.9. The zero-order valence-corrected chi connectivity index (χ0v) is 22.6. The lowest BCUT2D eigenvalue weighted by atomic mass is 9.98. The molecule has 1 unspecified atom stereocenters. The molecule has 5 aromatic rings. The molecule has 3 aromatic carbocycles. The number of halogens is 1. The number of amides is 1. The van der Waals surface area contributed by atoms with E-state index in [1.165, 1.54) is 11.8 Å². The summed E-state index contributed by atoms with van der Waals surface area (Å²) < 4.78 is 12.8. The highest BCUT2D eigenvalue weighted by molar-refractivity contribution is 9.10. The zero-order valence-electron chi connectivity index (χ0n) is 20.2. The van der Waals surface area contributed by atoms with Gasteiger partial charge in [-0.05, 0) is 55.0 Å². The number of aryl methyl sites for hydroxylation is 1. The summed E-state index contributed by atoms with van der Waals surface area (Å²) in [6.45, 7) is 3.19.